The van der Waals surface area contributed by atoms with E-state index in [4.69, 9.17) is 15.4 Å². The molecule has 45 heavy (non-hydrogen) atoms. The summed E-state index contributed by atoms with van der Waals surface area (Å²) in [6, 6.07) is 16.9. The van der Waals surface area contributed by atoms with Crippen molar-refractivity contribution in [2.75, 3.05) is 0 Å². The molecule has 7 rings (SSSR count). The number of hydrogen-bond acceptors (Lipinski definition) is 1. The molecule has 0 aliphatic heterocycles. The van der Waals surface area contributed by atoms with E-state index in [1.807, 2.05) is 37.3 Å². The summed E-state index contributed by atoms with van der Waals surface area (Å²) in [6.45, 7) is 2.28. The van der Waals surface area contributed by atoms with Crippen LogP contribution >= 0.6 is 0 Å². The molecule has 2 aliphatic rings. The van der Waals surface area contributed by atoms with Crippen LogP contribution in [-0.4, -0.2) is 0 Å². The number of nitrogens with zero attached hydrogens (tertiary/aromatic N) is 1. The molecule has 0 atom stereocenters. The summed E-state index contributed by atoms with van der Waals surface area (Å²) in [5.74, 6) is -0.719. The van der Waals surface area contributed by atoms with Crippen LogP contribution in [0.5, 0.6) is 0 Å². The number of pyridine rings is 1. The Bertz CT molecular complexity index is 2240. The van der Waals surface area contributed by atoms with Gasteiger partial charge >= 0.3 is 0 Å². The largest absolute Gasteiger partial charge is 0.454 e. The van der Waals surface area contributed by atoms with Crippen molar-refractivity contribution in [2.24, 2.45) is 17.9 Å². The van der Waals surface area contributed by atoms with Crippen LogP contribution in [0.25, 0.3) is 44.3 Å². The molecule has 0 amide bonds. The Hall–Kier alpha value is -3.39. The molecule has 5 aromatic rings. The summed E-state index contributed by atoms with van der Waals surface area (Å²) in [6.07, 6.45) is 9.67. The Morgan fingerprint density at radius 2 is 1.71 bits per heavy atom. The van der Waals surface area contributed by atoms with Crippen LogP contribution < -0.4 is 4.57 Å². The van der Waals surface area contributed by atoms with Crippen molar-refractivity contribution in [3.63, 3.8) is 0 Å². The van der Waals surface area contributed by atoms with Gasteiger partial charge in [0, 0.05) is 40.3 Å². The van der Waals surface area contributed by atoms with Crippen LogP contribution in [0.2, 0.25) is 0 Å². The van der Waals surface area contributed by atoms with E-state index in [2.05, 4.69) is 6.07 Å². The smallest absolute Gasteiger partial charge is 0.216 e. The molecule has 2 aliphatic carbocycles. The Balaban J connectivity index is 1.43. The predicted molar refractivity (Wildman–Crippen MR) is 190 cm³/mol. The van der Waals surface area contributed by atoms with Crippen LogP contribution in [-0.2, 0) is 13.4 Å². The molecule has 0 unspecified atom stereocenters. The zero-order valence-corrected chi connectivity index (χ0v) is 27.5. The van der Waals surface area contributed by atoms with Gasteiger partial charge in [0.15, 0.2) is 6.20 Å². The fourth-order valence-corrected chi connectivity index (χ4v) is 8.06. The maximum absolute atomic E-state index is 9.66. The Labute approximate surface area is 283 Å². The average molecular weight is 608 g/mol. The molecule has 2 heteroatoms. The number of hydrogen-bond donors (Lipinski definition) is 0. The molecule has 2 nitrogen and oxygen atoms in total. The molecule has 0 bridgehead atoms. The van der Waals surface area contributed by atoms with Gasteiger partial charge in [-0.3, -0.25) is 0 Å². The van der Waals surface area contributed by atoms with E-state index in [0.717, 1.165) is 42.4 Å². The molecule has 234 valence electrons. The van der Waals surface area contributed by atoms with Crippen LogP contribution in [0.1, 0.15) is 125 Å². The van der Waals surface area contributed by atoms with E-state index in [1.165, 1.54) is 38.3 Å². The highest BCUT2D eigenvalue weighted by Gasteiger charge is 2.36. The minimum atomic E-state index is -2.55. The van der Waals surface area contributed by atoms with Gasteiger partial charge in [-0.05, 0) is 122 Å². The van der Waals surface area contributed by atoms with Gasteiger partial charge in [0.1, 0.15) is 18.2 Å². The average Bonchev–Trinajstić information content (AvgIpc) is 3.47. The van der Waals surface area contributed by atoms with E-state index in [1.54, 1.807) is 50.6 Å². The van der Waals surface area contributed by atoms with E-state index < -0.39 is 31.4 Å². The van der Waals surface area contributed by atoms with E-state index >= 15 is 0 Å². The summed E-state index contributed by atoms with van der Waals surface area (Å²) >= 11 is 0. The van der Waals surface area contributed by atoms with Crippen molar-refractivity contribution in [1.82, 2.24) is 0 Å². The normalized spacial score (nSPS) is 22.0. The van der Waals surface area contributed by atoms with Gasteiger partial charge in [-0.2, -0.15) is 0 Å². The molecule has 0 radical (unpaired) electrons. The fourth-order valence-electron chi connectivity index (χ4n) is 8.06. The van der Waals surface area contributed by atoms with Crippen molar-refractivity contribution in [3.8, 4) is 22.4 Å². The summed E-state index contributed by atoms with van der Waals surface area (Å²) in [4.78, 5) is 0. The zero-order valence-electron chi connectivity index (χ0n) is 36.5. The molecule has 0 N–H and O–H groups in total. The predicted octanol–water partition coefficient (Wildman–Crippen LogP) is 11.9. The monoisotopic (exact) mass is 607 g/mol. The van der Waals surface area contributed by atoms with Crippen molar-refractivity contribution >= 4 is 21.9 Å². The lowest BCUT2D eigenvalue weighted by atomic mass is 9.62. The van der Waals surface area contributed by atoms with Crippen molar-refractivity contribution in [1.29, 1.82) is 0 Å². The standard InChI is InChI=1S/C43H52NO/c1-28-22-36(33-13-11-12-32(24-33)31-16-20-43(21-17-31)18-9-8-10-19-43)40-37(23-28)35-15-14-29(2)39(41(35)45-40)38-25-34(26-42(4,5)6)30(3)27-44(38)7/h11-15,22-25,27,31H,8-10,16-21,26H2,1-7H3/q+1/i1D3,3D3,26D2,31D. The third-order valence-electron chi connectivity index (χ3n) is 10.4. The summed E-state index contributed by atoms with van der Waals surface area (Å²) in [5, 5.41) is 1.35. The third kappa shape index (κ3) is 5.75. The molecule has 2 aromatic heterocycles. The lowest BCUT2D eigenvalue weighted by molar-refractivity contribution is -0.660. The second-order valence-electron chi connectivity index (χ2n) is 14.9. The van der Waals surface area contributed by atoms with Gasteiger partial charge in [-0.1, -0.05) is 76.4 Å². The lowest BCUT2D eigenvalue weighted by Crippen LogP contribution is -2.32. The first kappa shape index (κ1) is 21.4. The SMILES string of the molecule is [2H]C([2H])([2H])c1cc(-c2cccc(C3([2H])CCC4(CCCCC4)CC3)c2)c2oc3c(-c4cc(C([2H])([2H])C(C)(C)C)c(C([2H])([2H])[2H])c[n+]4C)c(C)ccc3c2c1. The number of aromatic nitrogens is 1. The fraction of sp³-hybridized carbons (Fsp3) is 0.465. The summed E-state index contributed by atoms with van der Waals surface area (Å²) < 4.78 is 86.7. The van der Waals surface area contributed by atoms with Gasteiger partial charge in [-0.15, -0.1) is 0 Å². The van der Waals surface area contributed by atoms with Crippen molar-refractivity contribution in [2.45, 2.75) is 111 Å². The highest BCUT2D eigenvalue weighted by molar-refractivity contribution is 6.13. The molecule has 2 heterocycles. The molecule has 2 fully saturated rings. The molecular weight excluding hydrogens is 546 g/mol. The number of benzene rings is 3. The second-order valence-corrected chi connectivity index (χ2v) is 14.9. The van der Waals surface area contributed by atoms with Gasteiger partial charge in [0.25, 0.3) is 0 Å². The van der Waals surface area contributed by atoms with Crippen molar-refractivity contribution < 1.29 is 21.3 Å². The molecule has 0 saturated heterocycles. The zero-order chi connectivity index (χ0) is 39.2. The number of fused-ring (bicyclic) bond motifs is 3. The molecular formula is C43H52NO+. The minimum Gasteiger partial charge on any atom is -0.454 e. The maximum Gasteiger partial charge on any atom is 0.216 e. The topological polar surface area (TPSA) is 17.0 Å². The van der Waals surface area contributed by atoms with E-state index in [9.17, 15) is 1.37 Å². The Morgan fingerprint density at radius 1 is 0.911 bits per heavy atom. The van der Waals surface area contributed by atoms with Crippen LogP contribution in [0.3, 0.4) is 0 Å². The third-order valence-corrected chi connectivity index (χ3v) is 10.4. The number of furan rings is 1. The highest BCUT2D eigenvalue weighted by atomic mass is 16.3. The first-order chi connectivity index (χ1) is 25.0. The summed E-state index contributed by atoms with van der Waals surface area (Å²) in [5.41, 5.74) is 5.19. The Kier molecular flexibility index (Phi) is 5.45. The minimum absolute atomic E-state index is 0.0494. The highest BCUT2D eigenvalue weighted by Crippen LogP contribution is 2.51. The van der Waals surface area contributed by atoms with Crippen LogP contribution in [0, 0.1) is 31.5 Å². The van der Waals surface area contributed by atoms with Gasteiger partial charge in [0.2, 0.25) is 5.69 Å². The van der Waals surface area contributed by atoms with Gasteiger partial charge in [0.05, 0.1) is 5.56 Å². The number of rotatable bonds is 4. The maximum atomic E-state index is 9.66. The number of aryl methyl sites for hydroxylation is 4. The summed E-state index contributed by atoms with van der Waals surface area (Å²) in [7, 11) is 1.75. The molecule has 2 saturated carbocycles. The molecule has 3 aromatic carbocycles. The van der Waals surface area contributed by atoms with Crippen LogP contribution in [0.4, 0.5) is 0 Å². The molecule has 1 spiro atoms. The first-order valence-electron chi connectivity index (χ1n) is 21.2. The lowest BCUT2D eigenvalue weighted by Gasteiger charge is -2.43. The van der Waals surface area contributed by atoms with Gasteiger partial charge in [-0.25, -0.2) is 4.57 Å². The second kappa shape index (κ2) is 11.4. The van der Waals surface area contributed by atoms with E-state index in [0.29, 0.717) is 44.2 Å². The quantitative estimate of drug-likeness (QED) is 0.186. The first-order valence-corrected chi connectivity index (χ1v) is 16.7. The Morgan fingerprint density at radius 3 is 2.44 bits per heavy atom. The van der Waals surface area contributed by atoms with E-state index in [-0.39, 0.29) is 16.7 Å². The van der Waals surface area contributed by atoms with Gasteiger partial charge < -0.3 is 4.42 Å². The van der Waals surface area contributed by atoms with Crippen LogP contribution in [0.15, 0.2) is 65.2 Å². The van der Waals surface area contributed by atoms with Crippen molar-refractivity contribution in [3.05, 3.63) is 88.6 Å².